The molecule has 5 N–H and O–H groups in total. The summed E-state index contributed by atoms with van der Waals surface area (Å²) in [6.07, 6.45) is 3.63. The third-order valence-electron chi connectivity index (χ3n) is 3.98. The van der Waals surface area contributed by atoms with Crippen molar-refractivity contribution in [2.24, 2.45) is 0 Å². The molecule has 0 saturated heterocycles. The summed E-state index contributed by atoms with van der Waals surface area (Å²) in [6.45, 7) is 2.30. The van der Waals surface area contributed by atoms with E-state index in [1.807, 2.05) is 6.07 Å². The summed E-state index contributed by atoms with van der Waals surface area (Å²) in [5.74, 6) is 0.147. The van der Waals surface area contributed by atoms with Gasteiger partial charge in [0.2, 0.25) is 0 Å². The molecule has 0 atom stereocenters. The third-order valence-corrected chi connectivity index (χ3v) is 3.98. The number of hydrogen-bond acceptors (Lipinski definition) is 6. The summed E-state index contributed by atoms with van der Waals surface area (Å²) in [5.41, 5.74) is 1.96. The van der Waals surface area contributed by atoms with Crippen LogP contribution in [0.2, 0.25) is 0 Å². The van der Waals surface area contributed by atoms with Gasteiger partial charge in [-0.15, -0.1) is 0 Å². The predicted molar refractivity (Wildman–Crippen MR) is 92.3 cm³/mol. The van der Waals surface area contributed by atoms with Gasteiger partial charge in [0.1, 0.15) is 5.75 Å². The Kier molecular flexibility index (Phi) is 9.90. The fourth-order valence-corrected chi connectivity index (χ4v) is 2.83. The lowest BCUT2D eigenvalue weighted by Gasteiger charge is -2.25. The third kappa shape index (κ3) is 8.61. The average molecular weight is 341 g/mol. The number of aliphatic hydroxyl groups is 4. The topological polar surface area (TPSA) is 104 Å². The van der Waals surface area contributed by atoms with Crippen molar-refractivity contribution >= 4 is 0 Å². The van der Waals surface area contributed by atoms with Gasteiger partial charge < -0.3 is 25.5 Å². The maximum absolute atomic E-state index is 9.74. The number of phenols is 1. The van der Waals surface area contributed by atoms with Crippen molar-refractivity contribution in [3.63, 3.8) is 0 Å². The van der Waals surface area contributed by atoms with Crippen LogP contribution in [-0.2, 0) is 13.0 Å². The van der Waals surface area contributed by atoms with Gasteiger partial charge in [0.25, 0.3) is 0 Å². The maximum atomic E-state index is 9.74. The van der Waals surface area contributed by atoms with Crippen molar-refractivity contribution in [3.8, 4) is 5.75 Å². The maximum Gasteiger partial charge on any atom is 0.164 e. The highest BCUT2D eigenvalue weighted by molar-refractivity contribution is 5.35. The molecule has 0 saturated carbocycles. The highest BCUT2D eigenvalue weighted by Gasteiger charge is 2.15. The lowest BCUT2D eigenvalue weighted by molar-refractivity contribution is -0.0964. The Bertz CT molecular complexity index is 455. The number of unbranched alkanes of at least 4 members (excludes halogenated alkanes) is 4. The summed E-state index contributed by atoms with van der Waals surface area (Å²) >= 11 is 0. The minimum Gasteiger partial charge on any atom is -0.508 e. The lowest BCUT2D eigenvalue weighted by atomic mass is 9.99. The zero-order valence-corrected chi connectivity index (χ0v) is 14.4. The van der Waals surface area contributed by atoms with Crippen LogP contribution in [0, 0.1) is 0 Å². The Morgan fingerprint density at radius 3 is 2.08 bits per heavy atom. The van der Waals surface area contributed by atoms with E-state index >= 15 is 0 Å². The second kappa shape index (κ2) is 11.4. The first kappa shape index (κ1) is 20.9. The van der Waals surface area contributed by atoms with Crippen LogP contribution in [0.1, 0.15) is 50.2 Å². The van der Waals surface area contributed by atoms with Crippen LogP contribution in [0.15, 0.2) is 18.2 Å². The average Bonchev–Trinajstić information content (AvgIpc) is 2.47. The molecule has 0 fully saturated rings. The molecule has 138 valence electrons. The Hall–Kier alpha value is -1.18. The second-order valence-electron chi connectivity index (χ2n) is 6.27. The summed E-state index contributed by atoms with van der Waals surface area (Å²) in [5, 5.41) is 46.4. The van der Waals surface area contributed by atoms with Crippen molar-refractivity contribution in [2.45, 2.75) is 64.6 Å². The number of rotatable bonds is 12. The van der Waals surface area contributed by atoms with Crippen molar-refractivity contribution in [3.05, 3.63) is 29.3 Å². The molecule has 0 radical (unpaired) electrons. The Morgan fingerprint density at radius 1 is 0.875 bits per heavy atom. The van der Waals surface area contributed by atoms with E-state index in [9.17, 15) is 5.11 Å². The Labute approximate surface area is 144 Å². The molecule has 0 aliphatic carbocycles. The summed E-state index contributed by atoms with van der Waals surface area (Å²) in [6, 6.07) is 5.19. The zero-order chi connectivity index (χ0) is 17.9. The molecule has 0 aliphatic rings. The molecular weight excluding hydrogens is 310 g/mol. The summed E-state index contributed by atoms with van der Waals surface area (Å²) < 4.78 is 0. The van der Waals surface area contributed by atoms with Crippen LogP contribution in [0.3, 0.4) is 0 Å². The van der Waals surface area contributed by atoms with Crippen LogP contribution in [0.5, 0.6) is 5.75 Å². The van der Waals surface area contributed by atoms with E-state index in [0.717, 1.165) is 30.4 Å². The highest BCUT2D eigenvalue weighted by Crippen LogP contribution is 2.21. The van der Waals surface area contributed by atoms with Gasteiger partial charge in [-0.25, -0.2) is 0 Å². The van der Waals surface area contributed by atoms with Crippen LogP contribution < -0.4 is 0 Å². The molecule has 0 bridgehead atoms. The number of phenolic OH excluding ortho intramolecular Hbond substituents is 1. The molecule has 0 aromatic heterocycles. The standard InChI is InChI=1S/C18H31NO5/c1-2-3-4-5-6-7-14-8-9-16(20)10-15(14)11-19(12-17(21)22)13-18(23)24/h8-10,17-18,20-24H,2-7,11-13H2,1H3. The Balaban J connectivity index is 2.73. The molecule has 24 heavy (non-hydrogen) atoms. The number of aromatic hydroxyl groups is 1. The number of aliphatic hydroxyl groups excluding tert-OH is 2. The fourth-order valence-electron chi connectivity index (χ4n) is 2.83. The van der Waals surface area contributed by atoms with Crippen LogP contribution in [-0.4, -0.2) is 56.1 Å². The van der Waals surface area contributed by atoms with E-state index in [4.69, 9.17) is 20.4 Å². The summed E-state index contributed by atoms with van der Waals surface area (Å²) in [7, 11) is 0. The molecule has 1 aromatic rings. The van der Waals surface area contributed by atoms with Crippen LogP contribution in [0.25, 0.3) is 0 Å². The van der Waals surface area contributed by atoms with E-state index in [-0.39, 0.29) is 18.8 Å². The number of hydrogen-bond donors (Lipinski definition) is 5. The van der Waals surface area contributed by atoms with Crippen molar-refractivity contribution in [1.29, 1.82) is 0 Å². The van der Waals surface area contributed by atoms with Crippen molar-refractivity contribution in [1.82, 2.24) is 4.90 Å². The number of aryl methyl sites for hydroxylation is 1. The number of benzene rings is 1. The van der Waals surface area contributed by atoms with Gasteiger partial charge >= 0.3 is 0 Å². The first-order valence-corrected chi connectivity index (χ1v) is 8.67. The van der Waals surface area contributed by atoms with Gasteiger partial charge in [0.15, 0.2) is 12.6 Å². The minimum atomic E-state index is -1.56. The van der Waals surface area contributed by atoms with Crippen molar-refractivity contribution < 1.29 is 25.5 Å². The largest absolute Gasteiger partial charge is 0.508 e. The van der Waals surface area contributed by atoms with Gasteiger partial charge in [-0.05, 0) is 36.1 Å². The van der Waals surface area contributed by atoms with Crippen LogP contribution >= 0.6 is 0 Å². The highest BCUT2D eigenvalue weighted by atomic mass is 16.5. The first-order chi connectivity index (χ1) is 11.4. The molecule has 6 heteroatoms. The molecule has 0 unspecified atom stereocenters. The SMILES string of the molecule is CCCCCCCc1ccc(O)cc1CN(CC(O)O)CC(O)O. The molecule has 1 aromatic carbocycles. The number of nitrogens with zero attached hydrogens (tertiary/aromatic N) is 1. The lowest BCUT2D eigenvalue weighted by Crippen LogP contribution is -2.37. The van der Waals surface area contributed by atoms with Gasteiger partial charge in [0, 0.05) is 19.6 Å². The van der Waals surface area contributed by atoms with Gasteiger partial charge in [-0.3, -0.25) is 4.90 Å². The monoisotopic (exact) mass is 341 g/mol. The van der Waals surface area contributed by atoms with E-state index < -0.39 is 12.6 Å². The molecule has 0 spiro atoms. The molecule has 1 rings (SSSR count). The normalized spacial score (nSPS) is 11.8. The van der Waals surface area contributed by atoms with Crippen molar-refractivity contribution in [2.75, 3.05) is 13.1 Å². The second-order valence-corrected chi connectivity index (χ2v) is 6.27. The van der Waals surface area contributed by atoms with Gasteiger partial charge in [-0.2, -0.15) is 0 Å². The molecule has 0 amide bonds. The van der Waals surface area contributed by atoms with Crippen LogP contribution in [0.4, 0.5) is 0 Å². The zero-order valence-electron chi connectivity index (χ0n) is 14.4. The van der Waals surface area contributed by atoms with Gasteiger partial charge in [0.05, 0.1) is 0 Å². The molecule has 0 heterocycles. The van der Waals surface area contributed by atoms with E-state index in [0.29, 0.717) is 6.54 Å². The predicted octanol–water partition coefficient (Wildman–Crippen LogP) is 1.33. The smallest absolute Gasteiger partial charge is 0.164 e. The quantitative estimate of drug-likeness (QED) is 0.290. The molecule has 0 aliphatic heterocycles. The molecular formula is C18H31NO5. The Morgan fingerprint density at radius 2 is 1.50 bits per heavy atom. The van der Waals surface area contributed by atoms with E-state index in [1.54, 1.807) is 17.0 Å². The summed E-state index contributed by atoms with van der Waals surface area (Å²) in [4.78, 5) is 1.55. The fraction of sp³-hybridized carbons (Fsp3) is 0.667. The minimum absolute atomic E-state index is 0.0940. The van der Waals surface area contributed by atoms with E-state index in [2.05, 4.69) is 6.92 Å². The van der Waals surface area contributed by atoms with E-state index in [1.165, 1.54) is 19.3 Å². The van der Waals surface area contributed by atoms with Gasteiger partial charge in [-0.1, -0.05) is 38.7 Å². The first-order valence-electron chi connectivity index (χ1n) is 8.67. The molecule has 6 nitrogen and oxygen atoms in total.